The third kappa shape index (κ3) is 3.34. The molecular formula is C10H10Cl2O4S. The molecule has 94 valence electrons. The topological polar surface area (TPSA) is 71.4 Å². The van der Waals surface area contributed by atoms with Crippen molar-refractivity contribution >= 4 is 39.0 Å². The molecule has 0 saturated carbocycles. The highest BCUT2D eigenvalue weighted by atomic mass is 35.5. The van der Waals surface area contributed by atoms with Crippen molar-refractivity contribution < 1.29 is 18.3 Å². The first-order valence-corrected chi connectivity index (χ1v) is 7.10. The van der Waals surface area contributed by atoms with Gasteiger partial charge in [-0.05, 0) is 18.6 Å². The van der Waals surface area contributed by atoms with Gasteiger partial charge in [-0.1, -0.05) is 35.3 Å². The molecule has 0 saturated heterocycles. The summed E-state index contributed by atoms with van der Waals surface area (Å²) in [4.78, 5) is 10.6. The normalized spacial score (nSPS) is 13.4. The number of carboxylic acids is 1. The lowest BCUT2D eigenvalue weighted by Gasteiger charge is -2.10. The smallest absolute Gasteiger partial charge is 0.321 e. The fraction of sp³-hybridized carbons (Fsp3) is 0.300. The first kappa shape index (κ1) is 14.3. The molecule has 0 aliphatic heterocycles. The lowest BCUT2D eigenvalue weighted by molar-refractivity contribution is -0.136. The molecule has 17 heavy (non-hydrogen) atoms. The molecule has 0 aromatic heterocycles. The van der Waals surface area contributed by atoms with Crippen LogP contribution in [0.1, 0.15) is 12.5 Å². The van der Waals surface area contributed by atoms with Gasteiger partial charge in [-0.15, -0.1) is 0 Å². The number of halogens is 2. The Hall–Kier alpha value is -0.780. The molecule has 0 bridgehead atoms. The predicted molar refractivity (Wildman–Crippen MR) is 66.2 cm³/mol. The Labute approximate surface area is 109 Å². The summed E-state index contributed by atoms with van der Waals surface area (Å²) in [5.41, 5.74) is 0.298. The number of hydrogen-bond donors (Lipinski definition) is 1. The highest BCUT2D eigenvalue weighted by Gasteiger charge is 2.28. The quantitative estimate of drug-likeness (QED) is 0.926. The van der Waals surface area contributed by atoms with Crippen LogP contribution in [0.5, 0.6) is 0 Å². The van der Waals surface area contributed by atoms with Crippen molar-refractivity contribution in [2.45, 2.75) is 17.9 Å². The fourth-order valence-electron chi connectivity index (χ4n) is 1.16. The van der Waals surface area contributed by atoms with Crippen molar-refractivity contribution in [3.63, 3.8) is 0 Å². The second-order valence-electron chi connectivity index (χ2n) is 3.50. The Kier molecular flexibility index (Phi) is 4.41. The average Bonchev–Trinajstić information content (AvgIpc) is 2.23. The monoisotopic (exact) mass is 296 g/mol. The summed E-state index contributed by atoms with van der Waals surface area (Å²) in [5, 5.41) is 7.58. The van der Waals surface area contributed by atoms with E-state index in [9.17, 15) is 13.2 Å². The largest absolute Gasteiger partial charge is 0.480 e. The maximum atomic E-state index is 11.7. The van der Waals surface area contributed by atoms with Gasteiger partial charge in [0.05, 0.1) is 15.8 Å². The first-order chi connectivity index (χ1) is 7.75. The molecule has 0 radical (unpaired) electrons. The van der Waals surface area contributed by atoms with Crippen molar-refractivity contribution in [1.82, 2.24) is 0 Å². The van der Waals surface area contributed by atoms with Crippen LogP contribution in [0.15, 0.2) is 18.2 Å². The SMILES string of the molecule is CC(C(=O)O)S(=O)(=O)Cc1cccc(Cl)c1Cl. The summed E-state index contributed by atoms with van der Waals surface area (Å²) in [5.74, 6) is -1.83. The molecule has 0 aliphatic rings. The molecule has 0 aliphatic carbocycles. The van der Waals surface area contributed by atoms with Gasteiger partial charge in [-0.3, -0.25) is 4.79 Å². The summed E-state index contributed by atoms with van der Waals surface area (Å²) < 4.78 is 23.4. The highest BCUT2D eigenvalue weighted by molar-refractivity contribution is 7.92. The van der Waals surface area contributed by atoms with Gasteiger partial charge in [0.25, 0.3) is 0 Å². The number of carbonyl (C=O) groups is 1. The fourth-order valence-corrected chi connectivity index (χ4v) is 2.85. The van der Waals surface area contributed by atoms with Crippen LogP contribution in [-0.2, 0) is 20.4 Å². The maximum Gasteiger partial charge on any atom is 0.321 e. The molecule has 7 heteroatoms. The predicted octanol–water partition coefficient (Wildman–Crippen LogP) is 2.38. The Morgan fingerprint density at radius 2 is 2.00 bits per heavy atom. The Bertz CT molecular complexity index is 539. The Morgan fingerprint density at radius 1 is 1.41 bits per heavy atom. The van der Waals surface area contributed by atoms with Gasteiger partial charge in [-0.2, -0.15) is 0 Å². The number of aliphatic carboxylic acids is 1. The second-order valence-corrected chi connectivity index (χ2v) is 6.61. The third-order valence-electron chi connectivity index (χ3n) is 2.27. The summed E-state index contributed by atoms with van der Waals surface area (Å²) >= 11 is 11.6. The minimum absolute atomic E-state index is 0.135. The van der Waals surface area contributed by atoms with Gasteiger partial charge in [0.1, 0.15) is 0 Å². The van der Waals surface area contributed by atoms with Crippen LogP contribution in [0.2, 0.25) is 10.0 Å². The van der Waals surface area contributed by atoms with E-state index in [2.05, 4.69) is 0 Å². The molecule has 0 spiro atoms. The van der Waals surface area contributed by atoms with E-state index in [0.717, 1.165) is 6.92 Å². The number of sulfone groups is 1. The van der Waals surface area contributed by atoms with Crippen molar-refractivity contribution in [3.8, 4) is 0 Å². The van der Waals surface area contributed by atoms with Crippen molar-refractivity contribution in [2.75, 3.05) is 0 Å². The molecule has 1 rings (SSSR count). The van der Waals surface area contributed by atoms with Gasteiger partial charge >= 0.3 is 5.97 Å². The number of carboxylic acid groups (broad SMARTS) is 1. The zero-order valence-electron chi connectivity index (χ0n) is 8.85. The van der Waals surface area contributed by atoms with Crippen LogP contribution in [-0.4, -0.2) is 24.7 Å². The highest BCUT2D eigenvalue weighted by Crippen LogP contribution is 2.27. The number of rotatable bonds is 4. The molecular weight excluding hydrogens is 287 g/mol. The van der Waals surface area contributed by atoms with Crippen molar-refractivity contribution in [3.05, 3.63) is 33.8 Å². The first-order valence-electron chi connectivity index (χ1n) is 4.63. The molecule has 1 atom stereocenters. The van der Waals surface area contributed by atoms with Crippen LogP contribution >= 0.6 is 23.2 Å². The van der Waals surface area contributed by atoms with Crippen molar-refractivity contribution in [2.24, 2.45) is 0 Å². The van der Waals surface area contributed by atoms with Crippen LogP contribution in [0.3, 0.4) is 0 Å². The summed E-state index contributed by atoms with van der Waals surface area (Å²) in [7, 11) is -3.79. The van der Waals surface area contributed by atoms with Crippen LogP contribution in [0.4, 0.5) is 0 Å². The summed E-state index contributed by atoms with van der Waals surface area (Å²) in [6.07, 6.45) is 0. The van der Waals surface area contributed by atoms with Crippen LogP contribution in [0, 0.1) is 0 Å². The van der Waals surface area contributed by atoms with E-state index < -0.39 is 26.8 Å². The lowest BCUT2D eigenvalue weighted by atomic mass is 10.2. The molecule has 4 nitrogen and oxygen atoms in total. The van der Waals surface area contributed by atoms with Crippen LogP contribution in [0.25, 0.3) is 0 Å². The van der Waals surface area contributed by atoms with E-state index in [1.54, 1.807) is 6.07 Å². The molecule has 0 heterocycles. The van der Waals surface area contributed by atoms with Gasteiger partial charge < -0.3 is 5.11 Å². The van der Waals surface area contributed by atoms with Crippen molar-refractivity contribution in [1.29, 1.82) is 0 Å². The second kappa shape index (κ2) is 5.25. The molecule has 1 N–H and O–H groups in total. The zero-order chi connectivity index (χ0) is 13.2. The van der Waals surface area contributed by atoms with Gasteiger partial charge in [0.15, 0.2) is 15.1 Å². The molecule has 0 fully saturated rings. The Morgan fingerprint density at radius 3 is 2.53 bits per heavy atom. The summed E-state index contributed by atoms with van der Waals surface area (Å²) in [6.45, 7) is 1.12. The maximum absolute atomic E-state index is 11.7. The van der Waals surface area contributed by atoms with E-state index in [1.807, 2.05) is 0 Å². The number of hydrogen-bond acceptors (Lipinski definition) is 3. The average molecular weight is 297 g/mol. The van der Waals surface area contributed by atoms with Gasteiger partial charge in [0, 0.05) is 0 Å². The Balaban J connectivity index is 3.07. The van der Waals surface area contributed by atoms with E-state index in [1.165, 1.54) is 12.1 Å². The van der Waals surface area contributed by atoms with E-state index in [-0.39, 0.29) is 10.0 Å². The molecule has 1 aromatic rings. The lowest BCUT2D eigenvalue weighted by Crippen LogP contribution is -2.28. The van der Waals surface area contributed by atoms with Gasteiger partial charge in [-0.25, -0.2) is 8.42 Å². The number of benzene rings is 1. The van der Waals surface area contributed by atoms with E-state index >= 15 is 0 Å². The van der Waals surface area contributed by atoms with E-state index in [0.29, 0.717) is 5.56 Å². The van der Waals surface area contributed by atoms with E-state index in [4.69, 9.17) is 28.3 Å². The molecule has 0 amide bonds. The molecule has 1 unspecified atom stereocenters. The zero-order valence-corrected chi connectivity index (χ0v) is 11.2. The molecule has 1 aromatic carbocycles. The summed E-state index contributed by atoms with van der Waals surface area (Å²) in [6, 6.07) is 4.59. The standard InChI is InChI=1S/C10H10Cl2O4S/c1-6(10(13)14)17(15,16)5-7-3-2-4-8(11)9(7)12/h2-4,6H,5H2,1H3,(H,13,14). The van der Waals surface area contributed by atoms with Gasteiger partial charge in [0.2, 0.25) is 0 Å². The minimum Gasteiger partial charge on any atom is -0.480 e. The van der Waals surface area contributed by atoms with Crippen LogP contribution < -0.4 is 0 Å². The third-order valence-corrected chi connectivity index (χ3v) is 5.13. The minimum atomic E-state index is -3.79.